The largest absolute Gasteiger partial charge is 0.487 e. The van der Waals surface area contributed by atoms with Crippen LogP contribution in [-0.4, -0.2) is 93.2 Å². The quantitative estimate of drug-likeness (QED) is 0.183. The summed E-state index contributed by atoms with van der Waals surface area (Å²) in [6.45, 7) is 5.20. The lowest BCUT2D eigenvalue weighted by molar-refractivity contribution is -0.0458. The van der Waals surface area contributed by atoms with Gasteiger partial charge in [-0.3, -0.25) is 14.3 Å². The third-order valence-electron chi connectivity index (χ3n) is 10.1. The van der Waals surface area contributed by atoms with Gasteiger partial charge in [-0.1, -0.05) is 6.07 Å². The first-order valence-corrected chi connectivity index (χ1v) is 17.8. The third-order valence-corrected chi connectivity index (χ3v) is 10.1. The van der Waals surface area contributed by atoms with Gasteiger partial charge in [0.1, 0.15) is 42.9 Å². The van der Waals surface area contributed by atoms with Crippen LogP contribution in [0.3, 0.4) is 0 Å². The summed E-state index contributed by atoms with van der Waals surface area (Å²) in [6.07, 6.45) is 19.0. The highest BCUT2D eigenvalue weighted by Gasteiger charge is 2.42. The fourth-order valence-corrected chi connectivity index (χ4v) is 7.70. The molecule has 51 heavy (non-hydrogen) atoms. The number of nitrogens with zero attached hydrogens (tertiary/aromatic N) is 11. The Morgan fingerprint density at radius 2 is 1.76 bits per heavy atom. The average molecular weight is 691 g/mol. The minimum atomic E-state index is -0.233. The average Bonchev–Trinajstić information content (AvgIpc) is 3.98. The molecule has 15 heteroatoms. The topological polar surface area (TPSA) is 159 Å². The second-order valence-electron chi connectivity index (χ2n) is 13.6. The van der Waals surface area contributed by atoms with Crippen LogP contribution in [0.5, 0.6) is 11.6 Å². The molecule has 2 bridgehead atoms. The van der Waals surface area contributed by atoms with Crippen molar-refractivity contribution in [2.45, 2.75) is 88.8 Å². The third kappa shape index (κ3) is 7.42. The molecule has 1 aliphatic carbocycles. The summed E-state index contributed by atoms with van der Waals surface area (Å²) >= 11 is 0. The molecule has 1 aromatic carbocycles. The Labute approximate surface area is 296 Å². The van der Waals surface area contributed by atoms with E-state index >= 15 is 0 Å². The van der Waals surface area contributed by atoms with E-state index in [4.69, 9.17) is 19.3 Å². The fourth-order valence-electron chi connectivity index (χ4n) is 7.70. The van der Waals surface area contributed by atoms with Crippen molar-refractivity contribution >= 4 is 11.6 Å². The number of benzene rings is 1. The van der Waals surface area contributed by atoms with Crippen LogP contribution in [0.2, 0.25) is 0 Å². The van der Waals surface area contributed by atoms with E-state index in [9.17, 15) is 5.26 Å². The van der Waals surface area contributed by atoms with E-state index in [1.807, 2.05) is 42.2 Å². The molecule has 5 aromatic rings. The Hall–Kier alpha value is -5.33. The van der Waals surface area contributed by atoms with E-state index in [-0.39, 0.29) is 6.10 Å². The Morgan fingerprint density at radius 3 is 2.49 bits per heavy atom. The standard InChI is InChI=1S/C36H42N12O3/c1-25(19-46-24-38-23-42-46)51-34-15-26(3-4-27(34)16-37)28-17-39-36(40-18-28)43-33-20-47(44-35(33)50-14-13-45-12-2-11-41-45)29-5-7-30(8-6-29)48-31-9-10-32(48)22-49-21-31/h2-4,11-12,15,17-18,20,23-25,29-32H,5-10,13-14,19,21-22H2,1H3,(H,39,40,43)/t25-,29-,30-,31-,32+/m0/s1. The van der Waals surface area contributed by atoms with Gasteiger partial charge in [-0.2, -0.15) is 15.5 Å². The Kier molecular flexibility index (Phi) is 9.58. The molecule has 6 heterocycles. The summed E-state index contributed by atoms with van der Waals surface area (Å²) in [5.41, 5.74) is 2.78. The molecule has 3 fully saturated rings. The van der Waals surface area contributed by atoms with Crippen LogP contribution >= 0.6 is 0 Å². The minimum Gasteiger partial charge on any atom is -0.487 e. The smallest absolute Gasteiger partial charge is 0.257 e. The predicted molar refractivity (Wildman–Crippen MR) is 186 cm³/mol. The zero-order valence-electron chi connectivity index (χ0n) is 28.7. The summed E-state index contributed by atoms with van der Waals surface area (Å²) in [5, 5.41) is 26.4. The monoisotopic (exact) mass is 690 g/mol. The molecule has 264 valence electrons. The number of ether oxygens (including phenoxy) is 3. The van der Waals surface area contributed by atoms with Crippen molar-refractivity contribution in [1.82, 2.24) is 49.2 Å². The molecule has 0 radical (unpaired) electrons. The lowest BCUT2D eigenvalue weighted by Crippen LogP contribution is -2.52. The van der Waals surface area contributed by atoms with E-state index < -0.39 is 0 Å². The van der Waals surface area contributed by atoms with Crippen LogP contribution in [0.4, 0.5) is 11.6 Å². The number of rotatable bonds is 13. The van der Waals surface area contributed by atoms with Crippen LogP contribution in [0.15, 0.2) is 67.9 Å². The number of anilines is 2. The van der Waals surface area contributed by atoms with Gasteiger partial charge in [-0.25, -0.2) is 19.6 Å². The SMILES string of the molecule is C[C@@H](Cn1cncn1)Oc1cc(-c2cnc(Nc3cn([C@H]4CC[C@H](N5[C@@H]6CC[C@H]5COC6)CC4)nc3OCCn3cccn3)nc2)ccc1C#N. The summed E-state index contributed by atoms with van der Waals surface area (Å²) < 4.78 is 23.8. The maximum absolute atomic E-state index is 9.70. The van der Waals surface area contributed by atoms with Crippen molar-refractivity contribution < 1.29 is 14.2 Å². The lowest BCUT2D eigenvalue weighted by Gasteiger charge is -2.43. The highest BCUT2D eigenvalue weighted by atomic mass is 16.5. The molecule has 2 saturated heterocycles. The van der Waals surface area contributed by atoms with Gasteiger partial charge in [-0.15, -0.1) is 5.10 Å². The van der Waals surface area contributed by atoms with Gasteiger partial charge in [0, 0.05) is 48.5 Å². The number of nitrogens with one attached hydrogen (secondary N) is 1. The number of fused-ring (bicyclic) bond motifs is 2. The zero-order chi connectivity index (χ0) is 34.6. The molecule has 3 atom stereocenters. The number of hydrogen-bond donors (Lipinski definition) is 1. The molecule has 0 unspecified atom stereocenters. The highest BCUT2D eigenvalue weighted by molar-refractivity contribution is 5.67. The van der Waals surface area contributed by atoms with Gasteiger partial charge in [0.2, 0.25) is 5.95 Å². The maximum Gasteiger partial charge on any atom is 0.257 e. The molecule has 0 spiro atoms. The van der Waals surface area contributed by atoms with Crippen molar-refractivity contribution in [2.24, 2.45) is 0 Å². The lowest BCUT2D eigenvalue weighted by atomic mass is 9.89. The van der Waals surface area contributed by atoms with E-state index in [2.05, 4.69) is 46.1 Å². The Morgan fingerprint density at radius 1 is 0.980 bits per heavy atom. The van der Waals surface area contributed by atoms with Crippen LogP contribution in [0, 0.1) is 11.3 Å². The normalized spacial score (nSPS) is 22.4. The van der Waals surface area contributed by atoms with Gasteiger partial charge >= 0.3 is 0 Å². The predicted octanol–water partition coefficient (Wildman–Crippen LogP) is 4.64. The van der Waals surface area contributed by atoms with E-state index in [1.165, 1.54) is 19.2 Å². The Balaban J connectivity index is 0.956. The molecule has 8 rings (SSSR count). The summed E-state index contributed by atoms with van der Waals surface area (Å²) in [5.74, 6) is 1.42. The second kappa shape index (κ2) is 14.9. The molecule has 0 amide bonds. The van der Waals surface area contributed by atoms with Crippen molar-refractivity contribution in [1.29, 1.82) is 5.26 Å². The number of aromatic nitrogens is 9. The number of morpholine rings is 1. The second-order valence-corrected chi connectivity index (χ2v) is 13.6. The summed E-state index contributed by atoms with van der Waals surface area (Å²) in [6, 6.07) is 11.7. The molecule has 1 saturated carbocycles. The van der Waals surface area contributed by atoms with Gasteiger partial charge in [0.05, 0.1) is 44.1 Å². The molecule has 1 N–H and O–H groups in total. The first kappa shape index (κ1) is 32.9. The van der Waals surface area contributed by atoms with Crippen LogP contribution in [0.1, 0.15) is 57.1 Å². The first-order chi connectivity index (χ1) is 25.1. The van der Waals surface area contributed by atoms with Crippen molar-refractivity contribution in [3.8, 4) is 28.8 Å². The van der Waals surface area contributed by atoms with Crippen LogP contribution in [0.25, 0.3) is 11.1 Å². The van der Waals surface area contributed by atoms with Gasteiger partial charge in [0.15, 0.2) is 0 Å². The van der Waals surface area contributed by atoms with Crippen molar-refractivity contribution in [2.75, 3.05) is 25.1 Å². The zero-order valence-corrected chi connectivity index (χ0v) is 28.7. The van der Waals surface area contributed by atoms with Gasteiger partial charge < -0.3 is 19.5 Å². The first-order valence-electron chi connectivity index (χ1n) is 17.8. The minimum absolute atomic E-state index is 0.233. The van der Waals surface area contributed by atoms with Crippen molar-refractivity contribution in [3.05, 3.63) is 73.5 Å². The van der Waals surface area contributed by atoms with Gasteiger partial charge in [-0.05, 0) is 69.2 Å². The summed E-state index contributed by atoms with van der Waals surface area (Å²) in [7, 11) is 0. The number of hydrogen-bond acceptors (Lipinski definition) is 12. The summed E-state index contributed by atoms with van der Waals surface area (Å²) in [4.78, 5) is 16.0. The molecular weight excluding hydrogens is 648 g/mol. The van der Waals surface area contributed by atoms with E-state index in [1.54, 1.807) is 35.7 Å². The highest BCUT2D eigenvalue weighted by Crippen LogP contribution is 2.39. The van der Waals surface area contributed by atoms with E-state index in [0.29, 0.717) is 72.7 Å². The van der Waals surface area contributed by atoms with Crippen molar-refractivity contribution in [3.63, 3.8) is 0 Å². The molecule has 3 aliphatic rings. The fraction of sp³-hybridized carbons (Fsp3) is 0.472. The molecule has 4 aromatic heterocycles. The van der Waals surface area contributed by atoms with Crippen LogP contribution < -0.4 is 14.8 Å². The molecule has 2 aliphatic heterocycles. The van der Waals surface area contributed by atoms with Crippen LogP contribution in [-0.2, 0) is 17.8 Å². The molecular formula is C36H42N12O3. The van der Waals surface area contributed by atoms with Gasteiger partial charge in [0.25, 0.3) is 5.88 Å². The number of nitriles is 1. The Bertz CT molecular complexity index is 1900. The molecule has 15 nitrogen and oxygen atoms in total. The maximum atomic E-state index is 9.70. The van der Waals surface area contributed by atoms with E-state index in [0.717, 1.165) is 50.0 Å².